The Hall–Kier alpha value is -2.56. The van der Waals surface area contributed by atoms with Crippen LogP contribution in [-0.2, 0) is 0 Å². The van der Waals surface area contributed by atoms with Gasteiger partial charge in [0.1, 0.15) is 11.6 Å². The van der Waals surface area contributed by atoms with Crippen molar-refractivity contribution in [3.05, 3.63) is 48.7 Å². The first-order chi connectivity index (χ1) is 10.8. The van der Waals surface area contributed by atoms with Gasteiger partial charge in [0, 0.05) is 31.0 Å². The maximum Gasteiger partial charge on any atom is 0.418 e. The van der Waals surface area contributed by atoms with Gasteiger partial charge in [-0.05, 0) is 37.5 Å². The molecule has 2 aromatic rings. The van der Waals surface area contributed by atoms with Crippen molar-refractivity contribution in [2.45, 2.75) is 19.3 Å². The molecule has 0 atom stereocenters. The van der Waals surface area contributed by atoms with Crippen LogP contribution in [0.5, 0.6) is 5.75 Å². The average Bonchev–Trinajstić information content (AvgIpc) is 2.57. The molecule has 0 bridgehead atoms. The van der Waals surface area contributed by atoms with Gasteiger partial charge in [0.15, 0.2) is 0 Å². The summed E-state index contributed by atoms with van der Waals surface area (Å²) in [5, 5.41) is 2.67. The third kappa shape index (κ3) is 3.75. The Bertz CT molecular complexity index is 625. The van der Waals surface area contributed by atoms with Crippen molar-refractivity contribution in [1.82, 2.24) is 4.98 Å². The number of anilines is 2. The van der Waals surface area contributed by atoms with Crippen molar-refractivity contribution in [1.29, 1.82) is 0 Å². The molecule has 1 amide bonds. The maximum atomic E-state index is 11.9. The molecule has 1 aliphatic heterocycles. The molecule has 0 saturated carbocycles. The number of carbonyl (C=O) groups excluding carboxylic acids is 1. The van der Waals surface area contributed by atoms with Crippen molar-refractivity contribution >= 4 is 17.6 Å². The third-order valence-electron chi connectivity index (χ3n) is 3.65. The second kappa shape index (κ2) is 6.93. The number of nitrogens with zero attached hydrogens (tertiary/aromatic N) is 2. The van der Waals surface area contributed by atoms with Crippen LogP contribution in [0.25, 0.3) is 0 Å². The molecule has 0 radical (unpaired) electrons. The molecule has 1 aromatic heterocycles. The zero-order valence-electron chi connectivity index (χ0n) is 12.4. The summed E-state index contributed by atoms with van der Waals surface area (Å²) in [6, 6.07) is 12.8. The van der Waals surface area contributed by atoms with Crippen LogP contribution >= 0.6 is 0 Å². The van der Waals surface area contributed by atoms with E-state index in [-0.39, 0.29) is 0 Å². The Labute approximate surface area is 129 Å². The lowest BCUT2D eigenvalue weighted by Crippen LogP contribution is -2.29. The molecule has 5 nitrogen and oxygen atoms in total. The van der Waals surface area contributed by atoms with E-state index in [9.17, 15) is 4.79 Å². The number of benzene rings is 1. The van der Waals surface area contributed by atoms with Gasteiger partial charge >= 0.3 is 6.09 Å². The number of amides is 1. The van der Waals surface area contributed by atoms with E-state index in [4.69, 9.17) is 4.74 Å². The van der Waals surface area contributed by atoms with E-state index >= 15 is 0 Å². The van der Waals surface area contributed by atoms with E-state index in [0.29, 0.717) is 11.6 Å². The first kappa shape index (κ1) is 14.4. The van der Waals surface area contributed by atoms with Gasteiger partial charge in [-0.25, -0.2) is 9.78 Å². The zero-order chi connectivity index (χ0) is 15.2. The largest absolute Gasteiger partial charge is 0.418 e. The number of hydrogen-bond acceptors (Lipinski definition) is 4. The van der Waals surface area contributed by atoms with E-state index in [2.05, 4.69) is 15.2 Å². The van der Waals surface area contributed by atoms with Crippen LogP contribution in [0, 0.1) is 0 Å². The Morgan fingerprint density at radius 3 is 2.64 bits per heavy atom. The first-order valence-corrected chi connectivity index (χ1v) is 7.56. The average molecular weight is 297 g/mol. The molecule has 5 heteroatoms. The first-order valence-electron chi connectivity index (χ1n) is 7.56. The second-order valence-corrected chi connectivity index (χ2v) is 5.27. The number of rotatable bonds is 3. The van der Waals surface area contributed by atoms with E-state index in [1.165, 1.54) is 19.3 Å². The topological polar surface area (TPSA) is 54.5 Å². The normalized spacial score (nSPS) is 14.5. The lowest BCUT2D eigenvalue weighted by atomic mass is 10.1. The Balaban J connectivity index is 1.63. The third-order valence-corrected chi connectivity index (χ3v) is 3.65. The van der Waals surface area contributed by atoms with E-state index < -0.39 is 6.09 Å². The molecular weight excluding hydrogens is 278 g/mol. The highest BCUT2D eigenvalue weighted by atomic mass is 16.6. The highest BCUT2D eigenvalue weighted by Gasteiger charge is 2.12. The van der Waals surface area contributed by atoms with Gasteiger partial charge in [-0.2, -0.15) is 0 Å². The summed E-state index contributed by atoms with van der Waals surface area (Å²) in [5.74, 6) is 1.01. The Morgan fingerprint density at radius 1 is 1.09 bits per heavy atom. The highest BCUT2D eigenvalue weighted by Crippen LogP contribution is 2.21. The molecule has 3 rings (SSSR count). The van der Waals surface area contributed by atoms with Gasteiger partial charge in [0.2, 0.25) is 0 Å². The van der Waals surface area contributed by atoms with Gasteiger partial charge < -0.3 is 9.64 Å². The number of hydrogen-bond donors (Lipinski definition) is 1. The van der Waals surface area contributed by atoms with Crippen molar-refractivity contribution in [2.75, 3.05) is 23.3 Å². The second-order valence-electron chi connectivity index (χ2n) is 5.27. The standard InChI is InChI=1S/C17H19N3O2/c21-17(22-15-7-3-1-4-8-15)19-16-13-14(9-10-18-16)20-11-5-2-6-12-20/h1,3-4,7-10,13H,2,5-6,11-12H2,(H,18,19,21). The zero-order valence-corrected chi connectivity index (χ0v) is 12.4. The highest BCUT2D eigenvalue weighted by molar-refractivity contribution is 5.85. The minimum Gasteiger partial charge on any atom is -0.410 e. The number of ether oxygens (including phenoxy) is 1. The number of carbonyl (C=O) groups is 1. The van der Waals surface area contributed by atoms with Crippen molar-refractivity contribution in [3.8, 4) is 5.75 Å². The number of pyridine rings is 1. The minimum atomic E-state index is -0.533. The molecule has 0 aliphatic carbocycles. The quantitative estimate of drug-likeness (QED) is 0.939. The predicted octanol–water partition coefficient (Wildman–Crippen LogP) is 3.68. The van der Waals surface area contributed by atoms with Crippen molar-refractivity contribution in [2.24, 2.45) is 0 Å². The summed E-state index contributed by atoms with van der Waals surface area (Å²) in [5.41, 5.74) is 1.09. The van der Waals surface area contributed by atoms with Gasteiger partial charge in [0.25, 0.3) is 0 Å². The minimum absolute atomic E-state index is 0.504. The van der Waals surface area contributed by atoms with E-state index in [0.717, 1.165) is 18.8 Å². The molecule has 1 aromatic carbocycles. The molecule has 1 saturated heterocycles. The summed E-state index contributed by atoms with van der Waals surface area (Å²) in [6.45, 7) is 2.11. The van der Waals surface area contributed by atoms with Gasteiger partial charge in [-0.15, -0.1) is 0 Å². The van der Waals surface area contributed by atoms with Crippen LogP contribution in [0.1, 0.15) is 19.3 Å². The number of nitrogens with one attached hydrogen (secondary N) is 1. The lowest BCUT2D eigenvalue weighted by molar-refractivity contribution is 0.215. The van der Waals surface area contributed by atoms with Crippen LogP contribution in [0.15, 0.2) is 48.7 Å². The molecule has 1 fully saturated rings. The molecule has 1 N–H and O–H groups in total. The molecule has 22 heavy (non-hydrogen) atoms. The fraction of sp³-hybridized carbons (Fsp3) is 0.294. The molecule has 2 heterocycles. The molecular formula is C17H19N3O2. The van der Waals surface area contributed by atoms with Crippen LogP contribution in [0.2, 0.25) is 0 Å². The lowest BCUT2D eigenvalue weighted by Gasteiger charge is -2.28. The van der Waals surface area contributed by atoms with E-state index in [1.54, 1.807) is 18.3 Å². The summed E-state index contributed by atoms with van der Waals surface area (Å²) >= 11 is 0. The summed E-state index contributed by atoms with van der Waals surface area (Å²) in [4.78, 5) is 18.4. The summed E-state index contributed by atoms with van der Waals surface area (Å²) in [6.07, 6.45) is 4.88. The monoisotopic (exact) mass is 297 g/mol. The fourth-order valence-corrected chi connectivity index (χ4v) is 2.56. The molecule has 0 unspecified atom stereocenters. The smallest absolute Gasteiger partial charge is 0.410 e. The Kier molecular flexibility index (Phi) is 4.53. The Morgan fingerprint density at radius 2 is 1.86 bits per heavy atom. The molecule has 0 spiro atoms. The van der Waals surface area contributed by atoms with Gasteiger partial charge in [-0.3, -0.25) is 5.32 Å². The number of piperidine rings is 1. The fourth-order valence-electron chi connectivity index (χ4n) is 2.56. The maximum absolute atomic E-state index is 11.9. The van der Waals surface area contributed by atoms with Crippen molar-refractivity contribution in [3.63, 3.8) is 0 Å². The van der Waals surface area contributed by atoms with Crippen LogP contribution in [0.4, 0.5) is 16.3 Å². The van der Waals surface area contributed by atoms with Crippen molar-refractivity contribution < 1.29 is 9.53 Å². The van der Waals surface area contributed by atoms with E-state index in [1.807, 2.05) is 30.3 Å². The number of para-hydroxylation sites is 1. The van der Waals surface area contributed by atoms with Gasteiger partial charge in [0.05, 0.1) is 0 Å². The van der Waals surface area contributed by atoms with Crippen LogP contribution in [0.3, 0.4) is 0 Å². The van der Waals surface area contributed by atoms with Gasteiger partial charge in [-0.1, -0.05) is 18.2 Å². The molecule has 114 valence electrons. The van der Waals surface area contributed by atoms with Crippen LogP contribution < -0.4 is 15.0 Å². The molecule has 1 aliphatic rings. The number of aromatic nitrogens is 1. The SMILES string of the molecule is O=C(Nc1cc(N2CCCCC2)ccn1)Oc1ccccc1. The van der Waals surface area contributed by atoms with Crippen LogP contribution in [-0.4, -0.2) is 24.2 Å². The predicted molar refractivity (Wildman–Crippen MR) is 86.4 cm³/mol. The summed E-state index contributed by atoms with van der Waals surface area (Å²) in [7, 11) is 0. The summed E-state index contributed by atoms with van der Waals surface area (Å²) < 4.78 is 5.20.